The number of piperidine rings is 1. The molecule has 0 bridgehead atoms. The Hall–Kier alpha value is -1.55. The van der Waals surface area contributed by atoms with Gasteiger partial charge in [0.15, 0.2) is 0 Å². The first-order valence-electron chi connectivity index (χ1n) is 9.00. The Labute approximate surface area is 139 Å². The second-order valence-electron chi connectivity index (χ2n) is 7.06. The minimum absolute atomic E-state index is 0.247. The van der Waals surface area contributed by atoms with Crippen molar-refractivity contribution in [1.82, 2.24) is 15.1 Å². The van der Waals surface area contributed by atoms with Crippen LogP contribution in [0.25, 0.3) is 0 Å². The molecule has 1 aromatic rings. The molecule has 4 nitrogen and oxygen atoms in total. The van der Waals surface area contributed by atoms with Crippen LogP contribution in [0.2, 0.25) is 0 Å². The maximum absolute atomic E-state index is 12.6. The van der Waals surface area contributed by atoms with Gasteiger partial charge in [0, 0.05) is 38.3 Å². The summed E-state index contributed by atoms with van der Waals surface area (Å²) in [7, 11) is 0. The minimum Gasteiger partial charge on any atom is -0.325 e. The average molecular weight is 315 g/mol. The van der Waals surface area contributed by atoms with Crippen molar-refractivity contribution in [3.63, 3.8) is 0 Å². The highest BCUT2D eigenvalue weighted by Gasteiger charge is 2.28. The predicted molar refractivity (Wildman–Crippen MR) is 93.5 cm³/mol. The fourth-order valence-corrected chi connectivity index (χ4v) is 3.78. The van der Waals surface area contributed by atoms with Crippen LogP contribution in [0, 0.1) is 6.92 Å². The molecule has 1 N–H and O–H groups in total. The Kier molecular flexibility index (Phi) is 5.21. The Morgan fingerprint density at radius 3 is 2.65 bits per heavy atom. The van der Waals surface area contributed by atoms with Crippen molar-refractivity contribution >= 4 is 6.03 Å². The van der Waals surface area contributed by atoms with Crippen molar-refractivity contribution < 1.29 is 4.79 Å². The van der Waals surface area contributed by atoms with Crippen LogP contribution >= 0.6 is 0 Å². The number of aryl methyl sites for hydroxylation is 1. The van der Waals surface area contributed by atoms with Crippen LogP contribution in [0.3, 0.4) is 0 Å². The van der Waals surface area contributed by atoms with Gasteiger partial charge < -0.3 is 15.1 Å². The van der Waals surface area contributed by atoms with E-state index >= 15 is 0 Å². The average Bonchev–Trinajstić information content (AvgIpc) is 3.09. The van der Waals surface area contributed by atoms with E-state index in [0.717, 1.165) is 51.9 Å². The van der Waals surface area contributed by atoms with Crippen molar-refractivity contribution in [3.8, 4) is 0 Å². The van der Waals surface area contributed by atoms with Crippen LogP contribution in [0.1, 0.15) is 49.8 Å². The number of rotatable bonds is 3. The van der Waals surface area contributed by atoms with Crippen LogP contribution in [-0.4, -0.2) is 48.1 Å². The lowest BCUT2D eigenvalue weighted by Crippen LogP contribution is -2.52. The molecule has 2 aliphatic heterocycles. The van der Waals surface area contributed by atoms with E-state index in [-0.39, 0.29) is 6.03 Å². The quantitative estimate of drug-likeness (QED) is 0.928. The van der Waals surface area contributed by atoms with Gasteiger partial charge in [0.05, 0.1) is 0 Å². The van der Waals surface area contributed by atoms with E-state index in [1.807, 2.05) is 4.90 Å². The van der Waals surface area contributed by atoms with E-state index in [1.54, 1.807) is 0 Å². The van der Waals surface area contributed by atoms with Crippen molar-refractivity contribution in [1.29, 1.82) is 0 Å². The summed E-state index contributed by atoms with van der Waals surface area (Å²) in [5.41, 5.74) is 2.62. The Balaban J connectivity index is 1.56. The first kappa shape index (κ1) is 16.3. The van der Waals surface area contributed by atoms with E-state index in [2.05, 4.69) is 48.3 Å². The monoisotopic (exact) mass is 315 g/mol. The van der Waals surface area contributed by atoms with Crippen molar-refractivity contribution in [2.75, 3.05) is 26.2 Å². The molecule has 0 aliphatic carbocycles. The third-order valence-corrected chi connectivity index (χ3v) is 5.10. The molecule has 2 fully saturated rings. The lowest BCUT2D eigenvalue weighted by molar-refractivity contribution is 0.140. The lowest BCUT2D eigenvalue weighted by atomic mass is 10.0. The topological polar surface area (TPSA) is 35.6 Å². The van der Waals surface area contributed by atoms with Gasteiger partial charge in [-0.15, -0.1) is 0 Å². The normalized spacial score (nSPS) is 23.1. The molecule has 126 valence electrons. The summed E-state index contributed by atoms with van der Waals surface area (Å²) in [5.74, 6) is 0. The molecule has 2 aliphatic rings. The van der Waals surface area contributed by atoms with E-state index in [9.17, 15) is 4.79 Å². The summed E-state index contributed by atoms with van der Waals surface area (Å²) < 4.78 is 0. The highest BCUT2D eigenvalue weighted by molar-refractivity contribution is 5.74. The third kappa shape index (κ3) is 4.05. The van der Waals surface area contributed by atoms with Crippen LogP contribution in [0.5, 0.6) is 0 Å². The number of nitrogens with zero attached hydrogens (tertiary/aromatic N) is 2. The van der Waals surface area contributed by atoms with Gasteiger partial charge in [-0.3, -0.25) is 0 Å². The molecular formula is C19H29N3O. The molecule has 0 radical (unpaired) electrons. The number of urea groups is 1. The van der Waals surface area contributed by atoms with Gasteiger partial charge in [-0.25, -0.2) is 4.79 Å². The summed E-state index contributed by atoms with van der Waals surface area (Å²) in [6.45, 7) is 7.97. The maximum atomic E-state index is 12.6. The first-order valence-corrected chi connectivity index (χ1v) is 9.00. The Morgan fingerprint density at radius 2 is 1.91 bits per heavy atom. The van der Waals surface area contributed by atoms with Gasteiger partial charge >= 0.3 is 6.03 Å². The summed E-state index contributed by atoms with van der Waals surface area (Å²) in [6.07, 6.45) is 4.56. The number of hydrogen-bond donors (Lipinski definition) is 1. The fraction of sp³-hybridized carbons (Fsp3) is 0.632. The molecule has 1 aromatic carbocycles. The fourth-order valence-electron chi connectivity index (χ4n) is 3.78. The molecule has 2 unspecified atom stereocenters. The number of benzene rings is 1. The van der Waals surface area contributed by atoms with Crippen molar-refractivity contribution in [2.24, 2.45) is 0 Å². The predicted octanol–water partition coefficient (Wildman–Crippen LogP) is 3.33. The number of likely N-dealkylation sites (tertiary alicyclic amines) is 2. The molecule has 2 heterocycles. The van der Waals surface area contributed by atoms with E-state index < -0.39 is 0 Å². The van der Waals surface area contributed by atoms with Gasteiger partial charge in [0.25, 0.3) is 0 Å². The highest BCUT2D eigenvalue weighted by Crippen LogP contribution is 2.20. The Morgan fingerprint density at radius 1 is 1.17 bits per heavy atom. The lowest BCUT2D eigenvalue weighted by Gasteiger charge is -2.36. The first-order chi connectivity index (χ1) is 11.1. The maximum Gasteiger partial charge on any atom is 0.320 e. The number of carbonyl (C=O) groups is 1. The molecule has 3 rings (SSSR count). The van der Waals surface area contributed by atoms with E-state index in [1.165, 1.54) is 11.1 Å². The molecular weight excluding hydrogens is 286 g/mol. The molecule has 0 saturated carbocycles. The van der Waals surface area contributed by atoms with Crippen LogP contribution in [0.15, 0.2) is 24.3 Å². The molecule has 2 atom stereocenters. The smallest absolute Gasteiger partial charge is 0.320 e. The molecule has 0 spiro atoms. The van der Waals surface area contributed by atoms with Crippen molar-refractivity contribution in [2.45, 2.75) is 51.6 Å². The summed E-state index contributed by atoms with van der Waals surface area (Å²) in [4.78, 5) is 16.6. The van der Waals surface area contributed by atoms with Crippen LogP contribution in [-0.2, 0) is 0 Å². The zero-order valence-corrected chi connectivity index (χ0v) is 14.4. The zero-order valence-electron chi connectivity index (χ0n) is 14.4. The number of carbonyl (C=O) groups excluding carboxylic acids is 1. The van der Waals surface area contributed by atoms with Gasteiger partial charge in [-0.1, -0.05) is 29.8 Å². The van der Waals surface area contributed by atoms with Crippen LogP contribution in [0.4, 0.5) is 4.79 Å². The summed E-state index contributed by atoms with van der Waals surface area (Å²) >= 11 is 0. The highest BCUT2D eigenvalue weighted by atomic mass is 16.2. The number of hydrogen-bond acceptors (Lipinski definition) is 2. The van der Waals surface area contributed by atoms with Gasteiger partial charge in [0.1, 0.15) is 0 Å². The SMILES string of the molecule is Cc1cccc(C(C)NC2CCCN(C(=O)N3CCCC3)C2)c1. The van der Waals surface area contributed by atoms with E-state index in [4.69, 9.17) is 0 Å². The molecule has 0 aromatic heterocycles. The summed E-state index contributed by atoms with van der Waals surface area (Å²) in [6, 6.07) is 9.64. The van der Waals surface area contributed by atoms with Crippen LogP contribution < -0.4 is 5.32 Å². The minimum atomic E-state index is 0.247. The largest absolute Gasteiger partial charge is 0.325 e. The molecule has 2 saturated heterocycles. The zero-order chi connectivity index (χ0) is 16.2. The number of amides is 2. The van der Waals surface area contributed by atoms with Gasteiger partial charge in [-0.2, -0.15) is 0 Å². The summed E-state index contributed by atoms with van der Waals surface area (Å²) in [5, 5.41) is 3.73. The molecule has 2 amide bonds. The number of nitrogens with one attached hydrogen (secondary N) is 1. The van der Waals surface area contributed by atoms with E-state index in [0.29, 0.717) is 12.1 Å². The third-order valence-electron chi connectivity index (χ3n) is 5.10. The standard InChI is InChI=1S/C19H29N3O/c1-15-7-5-8-17(13-15)16(2)20-18-9-6-12-22(14-18)19(23)21-10-3-4-11-21/h5,7-8,13,16,18,20H,3-4,6,9-12,14H2,1-2H3. The molecule has 23 heavy (non-hydrogen) atoms. The Bertz CT molecular complexity index is 539. The van der Waals surface area contributed by atoms with Crippen molar-refractivity contribution in [3.05, 3.63) is 35.4 Å². The van der Waals surface area contributed by atoms with Gasteiger partial charge in [0.2, 0.25) is 0 Å². The molecule has 4 heteroatoms. The second-order valence-corrected chi connectivity index (χ2v) is 7.06. The second kappa shape index (κ2) is 7.35. The van der Waals surface area contributed by atoms with Gasteiger partial charge in [-0.05, 0) is 45.1 Å².